The molecule has 132 valence electrons. The van der Waals surface area contributed by atoms with Crippen molar-refractivity contribution in [2.75, 3.05) is 5.32 Å². The maximum Gasteiger partial charge on any atom is 0.339 e. The van der Waals surface area contributed by atoms with Crippen LogP contribution < -0.4 is 5.32 Å². The molecule has 0 saturated heterocycles. The monoisotopic (exact) mass is 365 g/mol. The van der Waals surface area contributed by atoms with Gasteiger partial charge in [-0.05, 0) is 23.1 Å². The summed E-state index contributed by atoms with van der Waals surface area (Å²) in [5.74, 6) is -1.22. The van der Waals surface area contributed by atoms with Crippen LogP contribution in [0.1, 0.15) is 34.8 Å². The van der Waals surface area contributed by atoms with Gasteiger partial charge in [0.1, 0.15) is 5.00 Å². The van der Waals surface area contributed by atoms with Gasteiger partial charge in [-0.1, -0.05) is 67.6 Å². The number of hydrogen-bond donors (Lipinski definition) is 2. The zero-order valence-electron chi connectivity index (χ0n) is 14.4. The third-order valence-electron chi connectivity index (χ3n) is 4.05. The number of anilines is 1. The van der Waals surface area contributed by atoms with Gasteiger partial charge in [-0.25, -0.2) is 4.79 Å². The van der Waals surface area contributed by atoms with Crippen LogP contribution in [0.2, 0.25) is 0 Å². The molecule has 0 radical (unpaired) electrons. The molecule has 0 aliphatic carbocycles. The fraction of sp³-hybridized carbons (Fsp3) is 0.143. The van der Waals surface area contributed by atoms with Crippen LogP contribution >= 0.6 is 11.3 Å². The molecule has 0 fully saturated rings. The average molecular weight is 365 g/mol. The van der Waals surface area contributed by atoms with Crippen molar-refractivity contribution in [2.24, 2.45) is 0 Å². The summed E-state index contributed by atoms with van der Waals surface area (Å²) in [5.41, 5.74) is 2.88. The summed E-state index contributed by atoms with van der Waals surface area (Å²) >= 11 is 1.32. The molecule has 0 unspecified atom stereocenters. The zero-order valence-corrected chi connectivity index (χ0v) is 15.2. The highest BCUT2D eigenvalue weighted by Crippen LogP contribution is 2.41. The van der Waals surface area contributed by atoms with E-state index in [1.54, 1.807) is 6.92 Å². The Labute approximate surface area is 156 Å². The number of aromatic carboxylic acids is 1. The Bertz CT molecular complexity index is 917. The number of carboxylic acids is 1. The molecule has 4 nitrogen and oxygen atoms in total. The normalized spacial score (nSPS) is 10.5. The lowest BCUT2D eigenvalue weighted by atomic mass is 9.98. The predicted octanol–water partition coefficient (Wildman–Crippen LogP) is 5.05. The number of nitrogens with one attached hydrogen (secondary N) is 1. The highest BCUT2D eigenvalue weighted by atomic mass is 32.1. The predicted molar refractivity (Wildman–Crippen MR) is 105 cm³/mol. The van der Waals surface area contributed by atoms with E-state index in [1.165, 1.54) is 11.3 Å². The Hall–Kier alpha value is -2.92. The van der Waals surface area contributed by atoms with Gasteiger partial charge in [0.2, 0.25) is 5.91 Å². The third-order valence-corrected chi connectivity index (χ3v) is 5.25. The SMILES string of the molecule is CCC(=O)Nc1sc(-c2ccccc2)c(Cc2ccccc2)c1C(=O)O. The highest BCUT2D eigenvalue weighted by Gasteiger charge is 2.25. The van der Waals surface area contributed by atoms with Gasteiger partial charge in [-0.3, -0.25) is 4.79 Å². The number of thiophene rings is 1. The second-order valence-electron chi connectivity index (χ2n) is 5.85. The van der Waals surface area contributed by atoms with Crippen molar-refractivity contribution in [3.63, 3.8) is 0 Å². The van der Waals surface area contributed by atoms with Gasteiger partial charge in [0.15, 0.2) is 0 Å². The summed E-state index contributed by atoms with van der Waals surface area (Å²) < 4.78 is 0. The minimum absolute atomic E-state index is 0.180. The van der Waals surface area contributed by atoms with Gasteiger partial charge in [0, 0.05) is 11.3 Å². The number of carboxylic acid groups (broad SMARTS) is 1. The third kappa shape index (κ3) is 3.83. The summed E-state index contributed by atoms with van der Waals surface area (Å²) in [7, 11) is 0. The van der Waals surface area contributed by atoms with Gasteiger partial charge in [0.25, 0.3) is 0 Å². The van der Waals surface area contributed by atoms with Gasteiger partial charge in [0.05, 0.1) is 5.56 Å². The summed E-state index contributed by atoms with van der Waals surface area (Å²) in [4.78, 5) is 24.8. The fourth-order valence-electron chi connectivity index (χ4n) is 2.79. The Balaban J connectivity index is 2.16. The van der Waals surface area contributed by atoms with E-state index in [9.17, 15) is 14.7 Å². The van der Waals surface area contributed by atoms with Crippen LogP contribution in [0.5, 0.6) is 0 Å². The Morgan fingerprint density at radius 3 is 2.19 bits per heavy atom. The molecule has 5 heteroatoms. The first-order valence-corrected chi connectivity index (χ1v) is 9.20. The molecule has 0 aliphatic rings. The van der Waals surface area contributed by atoms with Crippen LogP contribution in [-0.4, -0.2) is 17.0 Å². The van der Waals surface area contributed by atoms with Crippen LogP contribution in [0.4, 0.5) is 5.00 Å². The minimum atomic E-state index is -1.03. The van der Waals surface area contributed by atoms with Gasteiger partial charge >= 0.3 is 5.97 Å². The van der Waals surface area contributed by atoms with Gasteiger partial charge < -0.3 is 10.4 Å². The summed E-state index contributed by atoms with van der Waals surface area (Å²) in [6, 6.07) is 19.4. The zero-order chi connectivity index (χ0) is 18.5. The molecular weight excluding hydrogens is 346 g/mol. The highest BCUT2D eigenvalue weighted by molar-refractivity contribution is 7.20. The topological polar surface area (TPSA) is 66.4 Å². The Kier molecular flexibility index (Phi) is 5.49. The van der Waals surface area contributed by atoms with Gasteiger partial charge in [-0.15, -0.1) is 11.3 Å². The van der Waals surface area contributed by atoms with E-state index in [4.69, 9.17) is 0 Å². The fourth-order valence-corrected chi connectivity index (χ4v) is 4.02. The molecule has 26 heavy (non-hydrogen) atoms. The number of rotatable bonds is 6. The smallest absolute Gasteiger partial charge is 0.339 e. The first-order chi connectivity index (χ1) is 12.6. The van der Waals surface area contributed by atoms with E-state index in [2.05, 4.69) is 5.32 Å². The molecule has 3 rings (SSSR count). The van der Waals surface area contributed by atoms with E-state index in [0.29, 0.717) is 17.8 Å². The Morgan fingerprint density at radius 2 is 1.62 bits per heavy atom. The first kappa shape index (κ1) is 17.9. The lowest BCUT2D eigenvalue weighted by molar-refractivity contribution is -0.115. The molecule has 1 aromatic heterocycles. The molecule has 2 aromatic carbocycles. The maximum atomic E-state index is 12.0. The van der Waals surface area contributed by atoms with Crippen LogP contribution in [0.3, 0.4) is 0 Å². The molecule has 3 aromatic rings. The van der Waals surface area contributed by atoms with Crippen LogP contribution in [0.15, 0.2) is 60.7 Å². The molecular formula is C21H19NO3S. The Morgan fingerprint density at radius 1 is 1.00 bits per heavy atom. The summed E-state index contributed by atoms with van der Waals surface area (Å²) in [6.45, 7) is 1.74. The molecule has 1 heterocycles. The van der Waals surface area contributed by atoms with E-state index in [-0.39, 0.29) is 11.5 Å². The largest absolute Gasteiger partial charge is 0.478 e. The van der Waals surface area contributed by atoms with Crippen molar-refractivity contribution in [1.82, 2.24) is 0 Å². The average Bonchev–Trinajstić information content (AvgIpc) is 3.01. The molecule has 1 amide bonds. The van der Waals surface area contributed by atoms with E-state index in [1.807, 2.05) is 60.7 Å². The second kappa shape index (κ2) is 7.97. The van der Waals surface area contributed by atoms with Crippen LogP contribution in [-0.2, 0) is 11.2 Å². The number of carbonyl (C=O) groups is 2. The van der Waals surface area contributed by atoms with Crippen molar-refractivity contribution in [3.8, 4) is 10.4 Å². The molecule has 0 bridgehead atoms. The standard InChI is InChI=1S/C21H19NO3S/c1-2-17(23)22-20-18(21(24)25)16(13-14-9-5-3-6-10-14)19(26-20)15-11-7-4-8-12-15/h3-12H,2,13H2,1H3,(H,22,23)(H,24,25). The lowest BCUT2D eigenvalue weighted by Crippen LogP contribution is -2.12. The van der Waals surface area contributed by atoms with Gasteiger partial charge in [-0.2, -0.15) is 0 Å². The van der Waals surface area contributed by atoms with E-state index >= 15 is 0 Å². The summed E-state index contributed by atoms with van der Waals surface area (Å²) in [5, 5.41) is 13.0. The maximum absolute atomic E-state index is 12.0. The molecule has 0 atom stereocenters. The van der Waals surface area contributed by atoms with E-state index in [0.717, 1.165) is 21.6 Å². The molecule has 0 saturated carbocycles. The van der Waals surface area contributed by atoms with Crippen molar-refractivity contribution < 1.29 is 14.7 Å². The van der Waals surface area contributed by atoms with Crippen molar-refractivity contribution in [2.45, 2.75) is 19.8 Å². The van der Waals surface area contributed by atoms with Crippen molar-refractivity contribution in [3.05, 3.63) is 77.4 Å². The number of amides is 1. The first-order valence-electron chi connectivity index (χ1n) is 8.38. The second-order valence-corrected chi connectivity index (χ2v) is 6.87. The number of hydrogen-bond acceptors (Lipinski definition) is 3. The lowest BCUT2D eigenvalue weighted by Gasteiger charge is -2.07. The summed E-state index contributed by atoms with van der Waals surface area (Å²) in [6.07, 6.45) is 0.789. The minimum Gasteiger partial charge on any atom is -0.478 e. The number of benzene rings is 2. The quantitative estimate of drug-likeness (QED) is 0.642. The van der Waals surface area contributed by atoms with Crippen molar-refractivity contribution in [1.29, 1.82) is 0 Å². The number of carbonyl (C=O) groups excluding carboxylic acids is 1. The molecule has 2 N–H and O–H groups in total. The molecule has 0 aliphatic heterocycles. The van der Waals surface area contributed by atoms with Crippen LogP contribution in [0, 0.1) is 0 Å². The molecule has 0 spiro atoms. The van der Waals surface area contributed by atoms with Crippen molar-refractivity contribution >= 4 is 28.2 Å². The van der Waals surface area contributed by atoms with Crippen LogP contribution in [0.25, 0.3) is 10.4 Å². The van der Waals surface area contributed by atoms with E-state index < -0.39 is 5.97 Å².